The fourth-order valence-corrected chi connectivity index (χ4v) is 4.59. The Labute approximate surface area is 209 Å². The average Bonchev–Trinajstić information content (AvgIpc) is 2.86. The van der Waals surface area contributed by atoms with Gasteiger partial charge in [-0.15, -0.1) is 0 Å². The van der Waals surface area contributed by atoms with Gasteiger partial charge >= 0.3 is 0 Å². The van der Waals surface area contributed by atoms with Gasteiger partial charge in [-0.1, -0.05) is 56.7 Å². The molecule has 0 aromatic heterocycles. The highest BCUT2D eigenvalue weighted by molar-refractivity contribution is 7.92. The SMILES string of the molecule is CCCc1ccc(OCCNC(=O)c2ccc(CN(c3ccc(CC)cc3)S(C)(=O)=O)cc2)cc1. The molecule has 3 rings (SSSR count). The van der Waals surface area contributed by atoms with Crippen LogP contribution in [0.25, 0.3) is 0 Å². The molecular weight excluding hydrogens is 460 g/mol. The fourth-order valence-electron chi connectivity index (χ4n) is 3.70. The minimum atomic E-state index is -3.47. The first kappa shape index (κ1) is 26.3. The summed E-state index contributed by atoms with van der Waals surface area (Å²) >= 11 is 0. The molecule has 1 amide bonds. The van der Waals surface area contributed by atoms with Crippen molar-refractivity contribution in [1.29, 1.82) is 0 Å². The van der Waals surface area contributed by atoms with E-state index in [2.05, 4.69) is 31.3 Å². The normalized spacial score (nSPS) is 11.2. The topological polar surface area (TPSA) is 75.7 Å². The molecule has 0 unspecified atom stereocenters. The van der Waals surface area contributed by atoms with Gasteiger partial charge in [-0.25, -0.2) is 8.42 Å². The van der Waals surface area contributed by atoms with Crippen molar-refractivity contribution in [1.82, 2.24) is 5.32 Å². The molecule has 186 valence electrons. The number of nitrogens with zero attached hydrogens (tertiary/aromatic N) is 1. The Bertz CT molecular complexity index is 1190. The van der Waals surface area contributed by atoms with Crippen LogP contribution >= 0.6 is 0 Å². The summed E-state index contributed by atoms with van der Waals surface area (Å²) in [6.07, 6.45) is 4.24. The third-order valence-electron chi connectivity index (χ3n) is 5.69. The number of hydrogen-bond donors (Lipinski definition) is 1. The molecule has 35 heavy (non-hydrogen) atoms. The minimum absolute atomic E-state index is 0.192. The lowest BCUT2D eigenvalue weighted by Crippen LogP contribution is -2.29. The summed E-state index contributed by atoms with van der Waals surface area (Å²) < 4.78 is 31.9. The molecule has 0 spiro atoms. The van der Waals surface area contributed by atoms with Crippen LogP contribution in [0.15, 0.2) is 72.8 Å². The van der Waals surface area contributed by atoms with Crippen molar-refractivity contribution in [3.63, 3.8) is 0 Å². The fraction of sp³-hybridized carbons (Fsp3) is 0.321. The second-order valence-electron chi connectivity index (χ2n) is 8.48. The Morgan fingerprint density at radius 1 is 0.857 bits per heavy atom. The molecular formula is C28H34N2O4S. The van der Waals surface area contributed by atoms with E-state index in [9.17, 15) is 13.2 Å². The van der Waals surface area contributed by atoms with Crippen LogP contribution in [-0.4, -0.2) is 33.7 Å². The second-order valence-corrected chi connectivity index (χ2v) is 10.4. The van der Waals surface area contributed by atoms with Crippen LogP contribution < -0.4 is 14.4 Å². The summed E-state index contributed by atoms with van der Waals surface area (Å²) in [6.45, 7) is 5.15. The van der Waals surface area contributed by atoms with Crippen molar-refractivity contribution in [2.75, 3.05) is 23.7 Å². The predicted octanol–water partition coefficient (Wildman–Crippen LogP) is 4.98. The third-order valence-corrected chi connectivity index (χ3v) is 6.83. The number of carbonyl (C=O) groups is 1. The predicted molar refractivity (Wildman–Crippen MR) is 142 cm³/mol. The highest BCUT2D eigenvalue weighted by Gasteiger charge is 2.18. The lowest BCUT2D eigenvalue weighted by molar-refractivity contribution is 0.0947. The van der Waals surface area contributed by atoms with Crippen LogP contribution in [0.5, 0.6) is 5.75 Å². The Hall–Kier alpha value is -3.32. The van der Waals surface area contributed by atoms with Gasteiger partial charge < -0.3 is 10.1 Å². The molecule has 0 saturated heterocycles. The van der Waals surface area contributed by atoms with Crippen molar-refractivity contribution in [3.05, 3.63) is 95.1 Å². The highest BCUT2D eigenvalue weighted by atomic mass is 32.2. The van der Waals surface area contributed by atoms with Gasteiger partial charge in [0, 0.05) is 5.56 Å². The summed E-state index contributed by atoms with van der Waals surface area (Å²) in [4.78, 5) is 12.5. The number of ether oxygens (including phenoxy) is 1. The Kier molecular flexibility index (Phi) is 9.32. The summed E-state index contributed by atoms with van der Waals surface area (Å²) in [7, 11) is -3.47. The van der Waals surface area contributed by atoms with E-state index in [4.69, 9.17) is 4.74 Å². The average molecular weight is 495 g/mol. The van der Waals surface area contributed by atoms with Gasteiger partial charge in [-0.2, -0.15) is 0 Å². The Morgan fingerprint density at radius 2 is 1.46 bits per heavy atom. The number of anilines is 1. The molecule has 0 atom stereocenters. The monoisotopic (exact) mass is 494 g/mol. The molecule has 0 saturated carbocycles. The number of sulfonamides is 1. The zero-order valence-electron chi connectivity index (χ0n) is 20.7. The summed E-state index contributed by atoms with van der Waals surface area (Å²) in [5.74, 6) is 0.580. The zero-order chi connectivity index (χ0) is 25.3. The summed E-state index contributed by atoms with van der Waals surface area (Å²) in [6, 6.07) is 22.5. The van der Waals surface area contributed by atoms with E-state index >= 15 is 0 Å². The van der Waals surface area contributed by atoms with Crippen LogP contribution in [0.2, 0.25) is 0 Å². The highest BCUT2D eigenvalue weighted by Crippen LogP contribution is 2.22. The van der Waals surface area contributed by atoms with Crippen molar-refractivity contribution in [2.24, 2.45) is 0 Å². The van der Waals surface area contributed by atoms with Gasteiger partial charge in [0.2, 0.25) is 10.0 Å². The zero-order valence-corrected chi connectivity index (χ0v) is 21.5. The number of aryl methyl sites for hydroxylation is 2. The van der Waals surface area contributed by atoms with E-state index in [-0.39, 0.29) is 12.5 Å². The number of carbonyl (C=O) groups excluding carboxylic acids is 1. The molecule has 0 heterocycles. The molecule has 0 aliphatic carbocycles. The number of hydrogen-bond acceptors (Lipinski definition) is 4. The maximum absolute atomic E-state index is 12.5. The smallest absolute Gasteiger partial charge is 0.251 e. The summed E-state index contributed by atoms with van der Waals surface area (Å²) in [5, 5.41) is 2.85. The first-order valence-electron chi connectivity index (χ1n) is 12.0. The number of nitrogens with one attached hydrogen (secondary N) is 1. The maximum Gasteiger partial charge on any atom is 0.251 e. The van der Waals surface area contributed by atoms with Crippen LogP contribution in [0, 0.1) is 0 Å². The molecule has 0 aliphatic heterocycles. The van der Waals surface area contributed by atoms with Crippen LogP contribution in [0.4, 0.5) is 5.69 Å². The molecule has 0 aliphatic rings. The number of benzene rings is 3. The van der Waals surface area contributed by atoms with E-state index < -0.39 is 10.0 Å². The molecule has 0 fully saturated rings. The van der Waals surface area contributed by atoms with Gasteiger partial charge in [-0.05, 0) is 65.9 Å². The first-order chi connectivity index (χ1) is 16.8. The van der Waals surface area contributed by atoms with Crippen LogP contribution in [0.3, 0.4) is 0 Å². The van der Waals surface area contributed by atoms with Crippen molar-refractivity contribution < 1.29 is 17.9 Å². The molecule has 0 radical (unpaired) electrons. The van der Waals surface area contributed by atoms with E-state index in [1.54, 1.807) is 24.3 Å². The Balaban J connectivity index is 1.53. The van der Waals surface area contributed by atoms with Gasteiger partial charge in [0.15, 0.2) is 0 Å². The van der Waals surface area contributed by atoms with Crippen LogP contribution in [0.1, 0.15) is 47.3 Å². The lowest BCUT2D eigenvalue weighted by atomic mass is 10.1. The van der Waals surface area contributed by atoms with Gasteiger partial charge in [-0.3, -0.25) is 9.10 Å². The van der Waals surface area contributed by atoms with Crippen LogP contribution in [-0.2, 0) is 29.4 Å². The largest absolute Gasteiger partial charge is 0.492 e. The minimum Gasteiger partial charge on any atom is -0.492 e. The quantitative estimate of drug-likeness (QED) is 0.361. The van der Waals surface area contributed by atoms with Crippen molar-refractivity contribution >= 4 is 21.6 Å². The van der Waals surface area contributed by atoms with Gasteiger partial charge in [0.1, 0.15) is 12.4 Å². The van der Waals surface area contributed by atoms with E-state index in [1.165, 1.54) is 16.1 Å². The molecule has 3 aromatic carbocycles. The molecule has 0 bridgehead atoms. The third kappa shape index (κ3) is 7.86. The van der Waals surface area contributed by atoms with E-state index in [0.717, 1.165) is 36.1 Å². The summed E-state index contributed by atoms with van der Waals surface area (Å²) in [5.41, 5.74) is 4.35. The van der Waals surface area contributed by atoms with E-state index in [0.29, 0.717) is 24.4 Å². The first-order valence-corrected chi connectivity index (χ1v) is 13.8. The standard InChI is InChI=1S/C28H34N2O4S/c1-4-6-23-11-17-27(18-12-23)34-20-19-29-28(31)25-13-7-24(8-14-25)21-30(35(3,32)33)26-15-9-22(5-2)10-16-26/h7-18H,4-6,19-21H2,1-3H3,(H,29,31). The van der Waals surface area contributed by atoms with Crippen molar-refractivity contribution in [2.45, 2.75) is 39.7 Å². The lowest BCUT2D eigenvalue weighted by Gasteiger charge is -2.23. The van der Waals surface area contributed by atoms with Gasteiger partial charge in [0.25, 0.3) is 5.91 Å². The van der Waals surface area contributed by atoms with E-state index in [1.807, 2.05) is 36.4 Å². The second kappa shape index (κ2) is 12.4. The van der Waals surface area contributed by atoms with Crippen molar-refractivity contribution in [3.8, 4) is 5.75 Å². The molecule has 1 N–H and O–H groups in total. The number of amides is 1. The molecule has 3 aromatic rings. The molecule has 6 nitrogen and oxygen atoms in total. The molecule has 7 heteroatoms. The maximum atomic E-state index is 12.5. The Morgan fingerprint density at radius 3 is 2.03 bits per heavy atom. The van der Waals surface area contributed by atoms with Gasteiger partial charge in [0.05, 0.1) is 25.0 Å². The number of rotatable bonds is 12.